The zero-order valence-corrected chi connectivity index (χ0v) is 27.0. The Kier molecular flexibility index (Phi) is 9.29. The standard InChI is InChI=1S/C33H30ClN3O6S2/c1-19(2)12-13-41-24-5-3-4-21(16-24)28-27(29(38)22-8-11-25-26(17-22)43-15-14-42-25)30(39)31(40)37(28)32-35-36-33(45-32)44-18-20-6-9-23(34)10-7-20/h3-11,16-17,19,28,38H,12-15,18H2,1-2H3/b29-27+/t28-/m0/s1. The van der Waals surface area contributed by atoms with Crippen molar-refractivity contribution in [2.45, 2.75) is 36.4 Å². The average Bonchev–Trinajstić information content (AvgIpc) is 3.61. The van der Waals surface area contributed by atoms with Crippen LogP contribution in [0.5, 0.6) is 17.2 Å². The third-order valence-corrected chi connectivity index (χ3v) is 9.65. The van der Waals surface area contributed by atoms with Crippen LogP contribution in [0, 0.1) is 5.92 Å². The molecule has 0 bridgehead atoms. The maximum atomic E-state index is 13.7. The molecule has 1 fully saturated rings. The van der Waals surface area contributed by atoms with Gasteiger partial charge in [0.15, 0.2) is 15.8 Å². The Morgan fingerprint density at radius 3 is 2.62 bits per heavy atom. The molecule has 1 saturated heterocycles. The van der Waals surface area contributed by atoms with E-state index in [9.17, 15) is 14.7 Å². The van der Waals surface area contributed by atoms with E-state index in [1.807, 2.05) is 30.3 Å². The summed E-state index contributed by atoms with van der Waals surface area (Å²) in [6, 6.07) is 18.7. The average molecular weight is 664 g/mol. The normalized spacial score (nSPS) is 17.2. The fourth-order valence-corrected chi connectivity index (χ4v) is 6.91. The first-order chi connectivity index (χ1) is 21.8. The number of thioether (sulfide) groups is 1. The zero-order chi connectivity index (χ0) is 31.5. The van der Waals surface area contributed by atoms with Crippen LogP contribution >= 0.6 is 34.7 Å². The zero-order valence-electron chi connectivity index (χ0n) is 24.6. The van der Waals surface area contributed by atoms with Crippen LogP contribution in [-0.2, 0) is 15.3 Å². The maximum absolute atomic E-state index is 13.7. The molecule has 0 spiro atoms. The highest BCUT2D eigenvalue weighted by Crippen LogP contribution is 2.45. The lowest BCUT2D eigenvalue weighted by molar-refractivity contribution is -0.132. The van der Waals surface area contributed by atoms with Gasteiger partial charge in [0.05, 0.1) is 18.2 Å². The van der Waals surface area contributed by atoms with Gasteiger partial charge in [-0.1, -0.05) is 72.8 Å². The molecule has 3 heterocycles. The van der Waals surface area contributed by atoms with Crippen molar-refractivity contribution in [1.82, 2.24) is 10.2 Å². The number of ketones is 1. The number of fused-ring (bicyclic) bond motifs is 1. The number of ether oxygens (including phenoxy) is 3. The lowest BCUT2D eigenvalue weighted by Gasteiger charge is -2.23. The van der Waals surface area contributed by atoms with Gasteiger partial charge in [-0.05, 0) is 65.9 Å². The van der Waals surface area contributed by atoms with Crippen molar-refractivity contribution in [3.63, 3.8) is 0 Å². The molecule has 1 atom stereocenters. The van der Waals surface area contributed by atoms with Gasteiger partial charge in [0.25, 0.3) is 5.78 Å². The van der Waals surface area contributed by atoms with Gasteiger partial charge in [0.1, 0.15) is 24.7 Å². The number of hydrogen-bond donors (Lipinski definition) is 1. The lowest BCUT2D eigenvalue weighted by atomic mass is 9.95. The summed E-state index contributed by atoms with van der Waals surface area (Å²) in [5.41, 5.74) is 1.89. The van der Waals surface area contributed by atoms with E-state index in [0.717, 1.165) is 12.0 Å². The number of carbonyl (C=O) groups excluding carboxylic acids is 2. The molecule has 1 aromatic heterocycles. The number of benzene rings is 3. The molecule has 6 rings (SSSR count). The van der Waals surface area contributed by atoms with Crippen molar-refractivity contribution in [1.29, 1.82) is 0 Å². The topological polar surface area (TPSA) is 111 Å². The lowest BCUT2D eigenvalue weighted by Crippen LogP contribution is -2.29. The van der Waals surface area contributed by atoms with Crippen LogP contribution in [-0.4, -0.2) is 46.8 Å². The molecule has 0 aliphatic carbocycles. The number of halogens is 1. The first kappa shape index (κ1) is 30.9. The van der Waals surface area contributed by atoms with Crippen molar-refractivity contribution < 1.29 is 28.9 Å². The number of anilines is 1. The second-order valence-corrected chi connectivity index (χ2v) is 13.5. The predicted octanol–water partition coefficient (Wildman–Crippen LogP) is 7.31. The number of hydrogen-bond acceptors (Lipinski definition) is 10. The first-order valence-electron chi connectivity index (χ1n) is 14.4. The number of aliphatic hydroxyl groups is 1. The number of amides is 1. The van der Waals surface area contributed by atoms with Gasteiger partial charge >= 0.3 is 5.91 Å². The number of rotatable bonds is 10. The summed E-state index contributed by atoms with van der Waals surface area (Å²) in [6.45, 7) is 5.54. The van der Waals surface area contributed by atoms with Gasteiger partial charge in [0.2, 0.25) is 5.13 Å². The van der Waals surface area contributed by atoms with Gasteiger partial charge in [0, 0.05) is 16.3 Å². The molecule has 1 N–H and O–H groups in total. The van der Waals surface area contributed by atoms with Crippen molar-refractivity contribution >= 4 is 57.3 Å². The van der Waals surface area contributed by atoms with Gasteiger partial charge in [-0.3, -0.25) is 14.5 Å². The Balaban J connectivity index is 1.37. The fourth-order valence-electron chi connectivity index (χ4n) is 4.96. The number of Topliss-reactive ketones (excluding diaryl/α,β-unsaturated/α-hetero) is 1. The van der Waals surface area contributed by atoms with Crippen molar-refractivity contribution in [2.75, 3.05) is 24.7 Å². The highest BCUT2D eigenvalue weighted by Gasteiger charge is 2.48. The third-order valence-electron chi connectivity index (χ3n) is 7.28. The first-order valence-corrected chi connectivity index (χ1v) is 16.6. The minimum Gasteiger partial charge on any atom is -0.507 e. The van der Waals surface area contributed by atoms with Crippen LogP contribution in [0.25, 0.3) is 5.76 Å². The Labute approximate surface area is 273 Å². The smallest absolute Gasteiger partial charge is 0.301 e. The van der Waals surface area contributed by atoms with Crippen LogP contribution < -0.4 is 19.1 Å². The minimum absolute atomic E-state index is 0.0680. The Hall–Kier alpha value is -4.06. The molecule has 2 aliphatic rings. The predicted molar refractivity (Wildman–Crippen MR) is 175 cm³/mol. The molecule has 1 amide bonds. The molecule has 45 heavy (non-hydrogen) atoms. The van der Waals surface area contributed by atoms with E-state index in [1.165, 1.54) is 28.0 Å². The van der Waals surface area contributed by atoms with E-state index in [4.69, 9.17) is 25.8 Å². The van der Waals surface area contributed by atoms with Crippen molar-refractivity contribution in [3.05, 3.63) is 94.0 Å². The van der Waals surface area contributed by atoms with E-state index >= 15 is 0 Å². The highest BCUT2D eigenvalue weighted by molar-refractivity contribution is 8.00. The van der Waals surface area contributed by atoms with Crippen LogP contribution in [0.15, 0.2) is 76.6 Å². The summed E-state index contributed by atoms with van der Waals surface area (Å²) in [6.07, 6.45) is 0.869. The summed E-state index contributed by atoms with van der Waals surface area (Å²) in [7, 11) is 0. The summed E-state index contributed by atoms with van der Waals surface area (Å²) in [5, 5.41) is 21.1. The Morgan fingerprint density at radius 2 is 1.84 bits per heavy atom. The van der Waals surface area contributed by atoms with Crippen LogP contribution in [0.3, 0.4) is 0 Å². The quantitative estimate of drug-likeness (QED) is 0.0614. The molecule has 0 unspecified atom stereocenters. The largest absolute Gasteiger partial charge is 0.507 e. The molecule has 4 aromatic rings. The van der Waals surface area contributed by atoms with E-state index in [1.54, 1.807) is 36.4 Å². The van der Waals surface area contributed by atoms with Crippen LogP contribution in [0.2, 0.25) is 5.02 Å². The highest BCUT2D eigenvalue weighted by atomic mass is 35.5. The molecular weight excluding hydrogens is 634 g/mol. The molecule has 0 radical (unpaired) electrons. The van der Waals surface area contributed by atoms with Gasteiger partial charge < -0.3 is 19.3 Å². The monoisotopic (exact) mass is 663 g/mol. The molecule has 232 valence electrons. The molecule has 12 heteroatoms. The Morgan fingerprint density at radius 1 is 1.07 bits per heavy atom. The van der Waals surface area contributed by atoms with Crippen molar-refractivity contribution in [2.24, 2.45) is 5.92 Å². The van der Waals surface area contributed by atoms with Crippen LogP contribution in [0.4, 0.5) is 5.13 Å². The molecule has 2 aliphatic heterocycles. The summed E-state index contributed by atoms with van der Waals surface area (Å²) >= 11 is 8.68. The van der Waals surface area contributed by atoms with E-state index in [-0.39, 0.29) is 16.5 Å². The van der Waals surface area contributed by atoms with Crippen LogP contribution in [0.1, 0.15) is 43.0 Å². The van der Waals surface area contributed by atoms with E-state index < -0.39 is 17.7 Å². The SMILES string of the molecule is CC(C)CCOc1cccc([C@H]2/C(=C(\O)c3ccc4c(c3)OCCO4)C(=O)C(=O)N2c2nnc(SCc3ccc(Cl)cc3)s2)c1. The van der Waals surface area contributed by atoms with E-state index in [0.29, 0.717) is 69.2 Å². The number of carbonyl (C=O) groups is 2. The minimum atomic E-state index is -0.978. The maximum Gasteiger partial charge on any atom is 0.301 e. The second-order valence-electron chi connectivity index (χ2n) is 10.9. The second kappa shape index (κ2) is 13.5. The molecule has 0 saturated carbocycles. The number of aromatic nitrogens is 2. The van der Waals surface area contributed by atoms with E-state index in [2.05, 4.69) is 24.0 Å². The van der Waals surface area contributed by atoms with Crippen molar-refractivity contribution in [3.8, 4) is 17.2 Å². The summed E-state index contributed by atoms with van der Waals surface area (Å²) in [5.74, 6) is 0.700. The third kappa shape index (κ3) is 6.80. The number of nitrogens with zero attached hydrogens (tertiary/aromatic N) is 3. The molecular formula is C33H30ClN3O6S2. The van der Waals surface area contributed by atoms with Gasteiger partial charge in [-0.2, -0.15) is 0 Å². The number of aliphatic hydroxyl groups excluding tert-OH is 1. The molecule has 9 nitrogen and oxygen atoms in total. The fraction of sp³-hybridized carbons (Fsp3) is 0.273. The summed E-state index contributed by atoms with van der Waals surface area (Å²) < 4.78 is 17.9. The summed E-state index contributed by atoms with van der Waals surface area (Å²) in [4.78, 5) is 28.7. The van der Waals surface area contributed by atoms with Gasteiger partial charge in [-0.15, -0.1) is 10.2 Å². The van der Waals surface area contributed by atoms with Gasteiger partial charge in [-0.25, -0.2) is 0 Å². The molecule has 3 aromatic carbocycles. The Bertz CT molecular complexity index is 1760.